The van der Waals surface area contributed by atoms with Crippen molar-refractivity contribution in [3.63, 3.8) is 0 Å². The monoisotopic (exact) mass is 254 g/mol. The lowest BCUT2D eigenvalue weighted by Crippen LogP contribution is -2.37. The van der Waals surface area contributed by atoms with Crippen LogP contribution < -0.4 is 5.32 Å². The van der Waals surface area contributed by atoms with Crippen molar-refractivity contribution in [2.75, 3.05) is 5.75 Å². The van der Waals surface area contributed by atoms with Crippen molar-refractivity contribution in [3.8, 4) is 0 Å². The lowest BCUT2D eigenvalue weighted by molar-refractivity contribution is 0.302. The molecule has 0 spiro atoms. The Morgan fingerprint density at radius 2 is 1.88 bits per heavy atom. The predicted molar refractivity (Wildman–Crippen MR) is 77.7 cm³/mol. The minimum absolute atomic E-state index is 0.529. The average molecular weight is 254 g/mol. The van der Waals surface area contributed by atoms with E-state index in [1.807, 2.05) is 11.8 Å². The second-order valence-electron chi connectivity index (χ2n) is 5.89. The predicted octanol–water partition coefficient (Wildman–Crippen LogP) is 3.67. The molecule has 2 rings (SSSR count). The van der Waals surface area contributed by atoms with Crippen LogP contribution in [0, 0.1) is 11.8 Å². The van der Waals surface area contributed by atoms with Crippen molar-refractivity contribution >= 4 is 16.9 Å². The van der Waals surface area contributed by atoms with Crippen LogP contribution in [-0.4, -0.2) is 23.0 Å². The first-order valence-corrected chi connectivity index (χ1v) is 8.12. The first kappa shape index (κ1) is 13.3. The molecule has 2 nitrogen and oxygen atoms in total. The second-order valence-corrected chi connectivity index (χ2v) is 6.90. The van der Waals surface area contributed by atoms with Gasteiger partial charge >= 0.3 is 0 Å². The zero-order chi connectivity index (χ0) is 12.3. The summed E-state index contributed by atoms with van der Waals surface area (Å²) in [6.45, 7) is 6.87. The van der Waals surface area contributed by atoms with Gasteiger partial charge in [-0.1, -0.05) is 44.9 Å². The summed E-state index contributed by atoms with van der Waals surface area (Å²) in [5.41, 5.74) is 0. The first-order valence-electron chi connectivity index (χ1n) is 7.14. The fourth-order valence-electron chi connectivity index (χ4n) is 2.76. The summed E-state index contributed by atoms with van der Waals surface area (Å²) in [6.07, 6.45) is 7.09. The first-order chi connectivity index (χ1) is 8.16. The van der Waals surface area contributed by atoms with Crippen molar-refractivity contribution in [1.29, 1.82) is 0 Å². The van der Waals surface area contributed by atoms with E-state index in [0.29, 0.717) is 18.0 Å². The molecule has 98 valence electrons. The molecule has 1 saturated carbocycles. The molecular formula is C14H26N2S. The third kappa shape index (κ3) is 3.64. The van der Waals surface area contributed by atoms with Crippen LogP contribution in [-0.2, 0) is 0 Å². The topological polar surface area (TPSA) is 24.4 Å². The van der Waals surface area contributed by atoms with Crippen LogP contribution in [0.1, 0.15) is 52.9 Å². The molecule has 0 amide bonds. The standard InChI is InChI=1S/C14H26N2S/c1-10(2)13-9-17-14(16-13)15-11(3)12-7-5-4-6-8-12/h10-13H,4-9H2,1-3H3,(H,15,16). The van der Waals surface area contributed by atoms with Gasteiger partial charge in [-0.15, -0.1) is 0 Å². The minimum atomic E-state index is 0.529. The fraction of sp³-hybridized carbons (Fsp3) is 0.929. The molecule has 3 heteroatoms. The number of hydrogen-bond acceptors (Lipinski definition) is 3. The molecule has 1 N–H and O–H groups in total. The van der Waals surface area contributed by atoms with E-state index in [0.717, 1.165) is 11.7 Å². The van der Waals surface area contributed by atoms with Crippen LogP contribution in [0.4, 0.5) is 0 Å². The van der Waals surface area contributed by atoms with E-state index in [1.165, 1.54) is 37.3 Å². The number of nitrogens with zero attached hydrogens (tertiary/aromatic N) is 1. The Hall–Kier alpha value is -0.180. The second kappa shape index (κ2) is 6.12. The van der Waals surface area contributed by atoms with Gasteiger partial charge in [0.1, 0.15) is 0 Å². The van der Waals surface area contributed by atoms with Crippen molar-refractivity contribution in [1.82, 2.24) is 5.32 Å². The van der Waals surface area contributed by atoms with E-state index in [9.17, 15) is 0 Å². The highest BCUT2D eigenvalue weighted by Crippen LogP contribution is 2.28. The van der Waals surface area contributed by atoms with Crippen LogP contribution in [0.15, 0.2) is 4.99 Å². The number of aliphatic imine (C=N–C) groups is 1. The maximum atomic E-state index is 4.79. The molecule has 17 heavy (non-hydrogen) atoms. The van der Waals surface area contributed by atoms with Gasteiger partial charge in [-0.25, -0.2) is 0 Å². The van der Waals surface area contributed by atoms with Gasteiger partial charge in [-0.2, -0.15) is 0 Å². The number of rotatable bonds is 3. The van der Waals surface area contributed by atoms with Crippen LogP contribution in [0.25, 0.3) is 0 Å². The smallest absolute Gasteiger partial charge is 0.157 e. The van der Waals surface area contributed by atoms with Gasteiger partial charge in [0.25, 0.3) is 0 Å². The van der Waals surface area contributed by atoms with E-state index in [2.05, 4.69) is 26.1 Å². The summed E-state index contributed by atoms with van der Waals surface area (Å²) < 4.78 is 0. The summed E-state index contributed by atoms with van der Waals surface area (Å²) in [6, 6.07) is 1.13. The maximum Gasteiger partial charge on any atom is 0.157 e. The fourth-order valence-corrected chi connectivity index (χ4v) is 4.02. The molecule has 0 radical (unpaired) electrons. The molecule has 0 aromatic rings. The van der Waals surface area contributed by atoms with Crippen LogP contribution >= 0.6 is 11.8 Å². The SMILES string of the molecule is CC(C)C1CSC(NC(C)C2CCCCC2)=N1. The molecular weight excluding hydrogens is 228 g/mol. The highest BCUT2D eigenvalue weighted by molar-refractivity contribution is 8.14. The van der Waals surface area contributed by atoms with Gasteiger partial charge in [0.2, 0.25) is 0 Å². The maximum absolute atomic E-state index is 4.79. The number of amidine groups is 1. The highest BCUT2D eigenvalue weighted by Gasteiger charge is 2.25. The Kier molecular flexibility index (Phi) is 4.78. The molecule has 0 aromatic carbocycles. The molecule has 0 bridgehead atoms. The molecule has 0 saturated heterocycles. The van der Waals surface area contributed by atoms with E-state index >= 15 is 0 Å². The third-order valence-corrected chi connectivity index (χ3v) is 5.16. The Morgan fingerprint density at radius 1 is 1.18 bits per heavy atom. The Labute approximate surface area is 110 Å². The molecule has 1 aliphatic carbocycles. The van der Waals surface area contributed by atoms with Crippen LogP contribution in [0.5, 0.6) is 0 Å². The van der Waals surface area contributed by atoms with Gasteiger partial charge < -0.3 is 5.32 Å². The number of nitrogens with one attached hydrogen (secondary N) is 1. The zero-order valence-corrected chi connectivity index (χ0v) is 12.2. The largest absolute Gasteiger partial charge is 0.362 e. The normalized spacial score (nSPS) is 28.2. The quantitative estimate of drug-likeness (QED) is 0.831. The van der Waals surface area contributed by atoms with Gasteiger partial charge in [-0.05, 0) is 31.6 Å². The van der Waals surface area contributed by atoms with Gasteiger partial charge in [0, 0.05) is 11.8 Å². The Bertz CT molecular complexity index is 269. The van der Waals surface area contributed by atoms with Crippen LogP contribution in [0.3, 0.4) is 0 Å². The zero-order valence-electron chi connectivity index (χ0n) is 11.4. The molecule has 2 unspecified atom stereocenters. The highest BCUT2D eigenvalue weighted by atomic mass is 32.2. The minimum Gasteiger partial charge on any atom is -0.362 e. The Balaban J connectivity index is 1.82. The van der Waals surface area contributed by atoms with E-state index in [1.54, 1.807) is 0 Å². The number of hydrogen-bond donors (Lipinski definition) is 1. The molecule has 1 aliphatic heterocycles. The molecule has 1 heterocycles. The van der Waals surface area contributed by atoms with Crippen molar-refractivity contribution < 1.29 is 0 Å². The molecule has 1 fully saturated rings. The lowest BCUT2D eigenvalue weighted by Gasteiger charge is -2.28. The number of thioether (sulfide) groups is 1. The van der Waals surface area contributed by atoms with Crippen molar-refractivity contribution in [3.05, 3.63) is 0 Å². The molecule has 0 aromatic heterocycles. The Morgan fingerprint density at radius 3 is 2.47 bits per heavy atom. The summed E-state index contributed by atoms with van der Waals surface area (Å²) >= 11 is 1.91. The van der Waals surface area contributed by atoms with E-state index in [-0.39, 0.29) is 0 Å². The van der Waals surface area contributed by atoms with Gasteiger partial charge in [0.15, 0.2) is 5.17 Å². The summed E-state index contributed by atoms with van der Waals surface area (Å²) in [5.74, 6) is 2.70. The third-order valence-electron chi connectivity index (χ3n) is 4.15. The molecule has 2 atom stereocenters. The average Bonchev–Trinajstić information content (AvgIpc) is 2.79. The molecule has 2 aliphatic rings. The summed E-state index contributed by atoms with van der Waals surface area (Å²) in [4.78, 5) is 4.79. The lowest BCUT2D eigenvalue weighted by atomic mass is 9.85. The van der Waals surface area contributed by atoms with Gasteiger partial charge in [0.05, 0.1) is 6.04 Å². The van der Waals surface area contributed by atoms with Crippen LogP contribution in [0.2, 0.25) is 0 Å². The van der Waals surface area contributed by atoms with Gasteiger partial charge in [-0.3, -0.25) is 4.99 Å². The van der Waals surface area contributed by atoms with E-state index in [4.69, 9.17) is 4.99 Å². The van der Waals surface area contributed by atoms with E-state index < -0.39 is 0 Å². The summed E-state index contributed by atoms with van der Waals surface area (Å²) in [5, 5.41) is 4.84. The van der Waals surface area contributed by atoms with Crippen molar-refractivity contribution in [2.45, 2.75) is 65.0 Å². The van der Waals surface area contributed by atoms with Crippen molar-refractivity contribution in [2.24, 2.45) is 16.8 Å². The summed E-state index contributed by atoms with van der Waals surface area (Å²) in [7, 11) is 0.